The van der Waals surface area contributed by atoms with Crippen molar-refractivity contribution >= 4 is 17.3 Å². The monoisotopic (exact) mass is 422 g/mol. The van der Waals surface area contributed by atoms with Crippen molar-refractivity contribution in [3.05, 3.63) is 47.9 Å². The van der Waals surface area contributed by atoms with Gasteiger partial charge in [0.05, 0.1) is 23.1 Å². The topological polar surface area (TPSA) is 83.8 Å². The van der Waals surface area contributed by atoms with Gasteiger partial charge in [0.2, 0.25) is 0 Å². The fourth-order valence-corrected chi connectivity index (χ4v) is 3.76. The predicted molar refractivity (Wildman–Crippen MR) is 121 cm³/mol. The van der Waals surface area contributed by atoms with E-state index < -0.39 is 11.7 Å². The van der Waals surface area contributed by atoms with E-state index >= 15 is 0 Å². The number of fused-ring (bicyclic) bond motifs is 1. The summed E-state index contributed by atoms with van der Waals surface area (Å²) in [5.74, 6) is 0. The minimum absolute atomic E-state index is 0.415. The molecule has 0 radical (unpaired) electrons. The summed E-state index contributed by atoms with van der Waals surface area (Å²) in [7, 11) is 0. The second-order valence-electron chi connectivity index (χ2n) is 8.87. The molecule has 1 amide bonds. The molecule has 1 aromatic carbocycles. The van der Waals surface area contributed by atoms with E-state index in [9.17, 15) is 4.79 Å². The van der Waals surface area contributed by atoms with Crippen molar-refractivity contribution in [2.75, 3.05) is 31.1 Å². The van der Waals surface area contributed by atoms with Crippen molar-refractivity contribution in [1.82, 2.24) is 25.2 Å². The van der Waals surface area contributed by atoms with Crippen molar-refractivity contribution in [3.63, 3.8) is 0 Å². The summed E-state index contributed by atoms with van der Waals surface area (Å²) >= 11 is 0. The molecule has 1 saturated heterocycles. The van der Waals surface area contributed by atoms with Crippen molar-refractivity contribution in [2.45, 2.75) is 39.8 Å². The Bertz CT molecular complexity index is 1080. The molecule has 2 aromatic heterocycles. The largest absolute Gasteiger partial charge is 0.444 e. The summed E-state index contributed by atoms with van der Waals surface area (Å²) in [5.41, 5.74) is 5.67. The molecule has 2 N–H and O–H groups in total. The number of alkyl carbamates (subject to hydrolysis) is 1. The smallest absolute Gasteiger partial charge is 0.407 e. The van der Waals surface area contributed by atoms with Gasteiger partial charge in [-0.2, -0.15) is 5.10 Å². The van der Waals surface area contributed by atoms with Gasteiger partial charge in [0.15, 0.2) is 0 Å². The average molecular weight is 423 g/mol. The number of amides is 1. The van der Waals surface area contributed by atoms with E-state index in [1.165, 1.54) is 0 Å². The van der Waals surface area contributed by atoms with Crippen LogP contribution in [0.25, 0.3) is 16.8 Å². The van der Waals surface area contributed by atoms with Crippen LogP contribution in [0, 0.1) is 6.92 Å². The first kappa shape index (κ1) is 21.1. The van der Waals surface area contributed by atoms with Crippen molar-refractivity contribution in [3.8, 4) is 11.3 Å². The number of ether oxygens (including phenoxy) is 1. The number of aromatic nitrogens is 3. The number of rotatable bonds is 4. The number of anilines is 1. The van der Waals surface area contributed by atoms with E-state index in [-0.39, 0.29) is 0 Å². The number of benzene rings is 1. The first-order chi connectivity index (χ1) is 14.8. The van der Waals surface area contributed by atoms with Crippen LogP contribution in [0.15, 0.2) is 36.8 Å². The highest BCUT2D eigenvalue weighted by molar-refractivity contribution is 5.80. The SMILES string of the molecule is Cc1cc(-c2ncnn3cc(N4CCNCC4)cc23)ccc1CNC(=O)OC(C)(C)C. The van der Waals surface area contributed by atoms with Gasteiger partial charge in [-0.3, -0.25) is 0 Å². The minimum Gasteiger partial charge on any atom is -0.444 e. The number of aryl methyl sites for hydroxylation is 1. The van der Waals surface area contributed by atoms with Crippen LogP contribution in [0.3, 0.4) is 0 Å². The molecule has 4 rings (SSSR count). The molecule has 0 unspecified atom stereocenters. The molecule has 8 heteroatoms. The van der Waals surface area contributed by atoms with Gasteiger partial charge in [-0.15, -0.1) is 0 Å². The maximum atomic E-state index is 12.0. The number of carbonyl (C=O) groups is 1. The molecule has 164 valence electrons. The standard InChI is InChI=1S/C23H30N6O2/c1-16-11-17(5-6-18(16)13-25-22(30)31-23(2,3)4)21-20-12-19(14-29(20)27-15-26-21)28-9-7-24-8-10-28/h5-6,11-12,14-15,24H,7-10,13H2,1-4H3,(H,25,30). The van der Waals surface area contributed by atoms with E-state index in [0.717, 1.165) is 59.8 Å². The Morgan fingerprint density at radius 3 is 2.71 bits per heavy atom. The number of hydrogen-bond acceptors (Lipinski definition) is 6. The van der Waals surface area contributed by atoms with Gasteiger partial charge in [-0.05, 0) is 51.0 Å². The fourth-order valence-electron chi connectivity index (χ4n) is 3.76. The number of nitrogens with one attached hydrogen (secondary N) is 2. The number of nitrogens with zero attached hydrogens (tertiary/aromatic N) is 4. The molecule has 0 bridgehead atoms. The first-order valence-electron chi connectivity index (χ1n) is 10.7. The number of hydrogen-bond donors (Lipinski definition) is 2. The molecule has 1 aliphatic heterocycles. The van der Waals surface area contributed by atoms with Crippen LogP contribution >= 0.6 is 0 Å². The van der Waals surface area contributed by atoms with Gasteiger partial charge in [-0.25, -0.2) is 14.3 Å². The van der Waals surface area contributed by atoms with Crippen molar-refractivity contribution < 1.29 is 9.53 Å². The van der Waals surface area contributed by atoms with Gasteiger partial charge < -0.3 is 20.3 Å². The summed E-state index contributed by atoms with van der Waals surface area (Å²) in [4.78, 5) is 18.9. The van der Waals surface area contributed by atoms with Crippen molar-refractivity contribution in [2.24, 2.45) is 0 Å². The van der Waals surface area contributed by atoms with Gasteiger partial charge in [0.25, 0.3) is 0 Å². The Morgan fingerprint density at radius 1 is 1.23 bits per heavy atom. The molecule has 3 heterocycles. The average Bonchev–Trinajstić information content (AvgIpc) is 3.17. The van der Waals surface area contributed by atoms with E-state index in [1.807, 2.05) is 44.3 Å². The zero-order valence-corrected chi connectivity index (χ0v) is 18.6. The third-order valence-corrected chi connectivity index (χ3v) is 5.31. The molecule has 0 spiro atoms. The van der Waals surface area contributed by atoms with Crippen LogP contribution in [0.5, 0.6) is 0 Å². The molecular weight excluding hydrogens is 392 g/mol. The zero-order valence-electron chi connectivity index (χ0n) is 18.6. The molecule has 1 aliphatic rings. The van der Waals surface area contributed by atoms with Crippen LogP contribution in [0.2, 0.25) is 0 Å². The van der Waals surface area contributed by atoms with Gasteiger partial charge >= 0.3 is 6.09 Å². The number of piperazine rings is 1. The summed E-state index contributed by atoms with van der Waals surface area (Å²) in [6.07, 6.45) is 3.25. The van der Waals surface area contributed by atoms with Gasteiger partial charge in [0, 0.05) is 38.3 Å². The lowest BCUT2D eigenvalue weighted by Gasteiger charge is -2.28. The Hall–Kier alpha value is -3.13. The Balaban J connectivity index is 1.55. The molecule has 3 aromatic rings. The van der Waals surface area contributed by atoms with Crippen LogP contribution < -0.4 is 15.5 Å². The lowest BCUT2D eigenvalue weighted by Crippen LogP contribution is -2.43. The van der Waals surface area contributed by atoms with E-state index in [2.05, 4.69) is 43.9 Å². The van der Waals surface area contributed by atoms with E-state index in [0.29, 0.717) is 6.54 Å². The van der Waals surface area contributed by atoms with Gasteiger partial charge in [-0.1, -0.05) is 12.1 Å². The van der Waals surface area contributed by atoms with E-state index in [1.54, 1.807) is 6.33 Å². The van der Waals surface area contributed by atoms with Crippen molar-refractivity contribution in [1.29, 1.82) is 0 Å². The third kappa shape index (κ3) is 4.96. The van der Waals surface area contributed by atoms with Crippen LogP contribution in [-0.2, 0) is 11.3 Å². The zero-order chi connectivity index (χ0) is 22.0. The second-order valence-corrected chi connectivity index (χ2v) is 8.87. The molecule has 1 fully saturated rings. The summed E-state index contributed by atoms with van der Waals surface area (Å²) in [6.45, 7) is 12.0. The molecule has 0 aliphatic carbocycles. The van der Waals surface area contributed by atoms with Crippen LogP contribution in [-0.4, -0.2) is 52.5 Å². The second kappa shape index (κ2) is 8.55. The Kier molecular flexibility index (Phi) is 5.82. The van der Waals surface area contributed by atoms with Crippen LogP contribution in [0.1, 0.15) is 31.9 Å². The normalized spacial score (nSPS) is 14.6. The molecular formula is C23H30N6O2. The number of carbonyl (C=O) groups excluding carboxylic acids is 1. The summed E-state index contributed by atoms with van der Waals surface area (Å²) in [6, 6.07) is 8.33. The molecule has 8 nitrogen and oxygen atoms in total. The predicted octanol–water partition coefficient (Wildman–Crippen LogP) is 3.14. The highest BCUT2D eigenvalue weighted by Crippen LogP contribution is 2.28. The third-order valence-electron chi connectivity index (χ3n) is 5.31. The Morgan fingerprint density at radius 2 is 2.00 bits per heavy atom. The maximum absolute atomic E-state index is 12.0. The summed E-state index contributed by atoms with van der Waals surface area (Å²) in [5, 5.41) is 10.6. The first-order valence-corrected chi connectivity index (χ1v) is 10.7. The molecule has 31 heavy (non-hydrogen) atoms. The van der Waals surface area contributed by atoms with Gasteiger partial charge in [0.1, 0.15) is 11.9 Å². The lowest BCUT2D eigenvalue weighted by molar-refractivity contribution is 0.0523. The van der Waals surface area contributed by atoms with E-state index in [4.69, 9.17) is 4.74 Å². The molecule has 0 atom stereocenters. The fraction of sp³-hybridized carbons (Fsp3) is 0.435. The van der Waals surface area contributed by atoms with Crippen LogP contribution in [0.4, 0.5) is 10.5 Å². The maximum Gasteiger partial charge on any atom is 0.407 e. The highest BCUT2D eigenvalue weighted by Gasteiger charge is 2.17. The molecule has 0 saturated carbocycles. The summed E-state index contributed by atoms with van der Waals surface area (Å²) < 4.78 is 7.21. The Labute approximate surface area is 182 Å². The lowest BCUT2D eigenvalue weighted by atomic mass is 10.0. The minimum atomic E-state index is -0.512. The quantitative estimate of drug-likeness (QED) is 0.672. The highest BCUT2D eigenvalue weighted by atomic mass is 16.6.